The van der Waals surface area contributed by atoms with Crippen molar-refractivity contribution in [2.75, 3.05) is 13.1 Å². The van der Waals surface area contributed by atoms with E-state index in [-0.39, 0.29) is 21.8 Å². The van der Waals surface area contributed by atoms with Crippen LogP contribution < -0.4 is 0 Å². The first-order valence-corrected chi connectivity index (χ1v) is 8.85. The number of rotatable bonds is 2. The summed E-state index contributed by atoms with van der Waals surface area (Å²) >= 11 is 0. The van der Waals surface area contributed by atoms with E-state index in [4.69, 9.17) is 10.7 Å². The van der Waals surface area contributed by atoms with Crippen molar-refractivity contribution < 1.29 is 13.2 Å². The molecule has 0 aromatic heterocycles. The third-order valence-electron chi connectivity index (χ3n) is 3.57. The van der Waals surface area contributed by atoms with Gasteiger partial charge in [-0.05, 0) is 30.4 Å². The number of nitrogens with zero attached hydrogens (tertiary/aromatic N) is 1. The topological polar surface area (TPSA) is 54.5 Å². The Bertz CT molecular complexity index is 625. The number of carbonyl (C=O) groups is 1. The number of likely N-dealkylation sites (tertiary alicyclic amines) is 1. The lowest BCUT2D eigenvalue weighted by molar-refractivity contribution is 0.0579. The Hall–Kier alpha value is -1.07. The molecular formula is C14H18ClNO3S. The summed E-state index contributed by atoms with van der Waals surface area (Å²) in [5.74, 6) is -0.266. The summed E-state index contributed by atoms with van der Waals surface area (Å²) in [6.45, 7) is 5.49. The number of benzene rings is 1. The monoisotopic (exact) mass is 315 g/mol. The average Bonchev–Trinajstić information content (AvgIpc) is 2.35. The third kappa shape index (κ3) is 3.33. The minimum atomic E-state index is -3.92. The molecule has 0 atom stereocenters. The van der Waals surface area contributed by atoms with Gasteiger partial charge < -0.3 is 4.90 Å². The molecule has 1 saturated heterocycles. The zero-order valence-electron chi connectivity index (χ0n) is 11.6. The van der Waals surface area contributed by atoms with Crippen molar-refractivity contribution in [3.63, 3.8) is 0 Å². The van der Waals surface area contributed by atoms with E-state index >= 15 is 0 Å². The Kier molecular flexibility index (Phi) is 4.12. The lowest BCUT2D eigenvalue weighted by atomic mass is 9.84. The molecule has 1 fully saturated rings. The van der Waals surface area contributed by atoms with Crippen LogP contribution in [-0.2, 0) is 9.05 Å². The van der Waals surface area contributed by atoms with Gasteiger partial charge >= 0.3 is 0 Å². The van der Waals surface area contributed by atoms with Crippen LogP contribution in [0.5, 0.6) is 0 Å². The number of carbonyl (C=O) groups excluding carboxylic acids is 1. The van der Waals surface area contributed by atoms with Gasteiger partial charge in [0.05, 0.1) is 10.5 Å². The van der Waals surface area contributed by atoms with Crippen LogP contribution in [0.3, 0.4) is 0 Å². The first-order valence-electron chi connectivity index (χ1n) is 6.54. The van der Waals surface area contributed by atoms with E-state index in [9.17, 15) is 13.2 Å². The van der Waals surface area contributed by atoms with E-state index in [1.165, 1.54) is 12.1 Å². The molecule has 0 saturated carbocycles. The minimum absolute atomic E-state index is 0.0582. The SMILES string of the molecule is CC1(C)CCCN(C(=O)c2ccccc2S(=O)(=O)Cl)C1. The smallest absolute Gasteiger partial charge is 0.262 e. The quantitative estimate of drug-likeness (QED) is 0.789. The molecule has 0 aliphatic carbocycles. The highest BCUT2D eigenvalue weighted by Gasteiger charge is 2.31. The molecule has 0 bridgehead atoms. The second-order valence-corrected chi connectivity index (χ2v) is 8.46. The molecular weight excluding hydrogens is 298 g/mol. The van der Waals surface area contributed by atoms with Crippen molar-refractivity contribution in [2.24, 2.45) is 5.41 Å². The number of hydrogen-bond acceptors (Lipinski definition) is 3. The van der Waals surface area contributed by atoms with Gasteiger partial charge in [0.2, 0.25) is 0 Å². The van der Waals surface area contributed by atoms with Crippen LogP contribution in [0.1, 0.15) is 37.0 Å². The van der Waals surface area contributed by atoms with Crippen molar-refractivity contribution in [3.05, 3.63) is 29.8 Å². The lowest BCUT2D eigenvalue weighted by Gasteiger charge is -2.38. The highest BCUT2D eigenvalue weighted by atomic mass is 35.7. The van der Waals surface area contributed by atoms with E-state index in [0.29, 0.717) is 13.1 Å². The molecule has 1 aliphatic rings. The first-order chi connectivity index (χ1) is 9.21. The lowest BCUT2D eigenvalue weighted by Crippen LogP contribution is -2.43. The first kappa shape index (κ1) is 15.3. The molecule has 1 amide bonds. The fraction of sp³-hybridized carbons (Fsp3) is 0.500. The molecule has 2 rings (SSSR count). The summed E-state index contributed by atoms with van der Waals surface area (Å²) in [5.41, 5.74) is 0.211. The minimum Gasteiger partial charge on any atom is -0.338 e. The van der Waals surface area contributed by atoms with Crippen LogP contribution in [0, 0.1) is 5.41 Å². The maximum Gasteiger partial charge on any atom is 0.262 e. The summed E-state index contributed by atoms with van der Waals surface area (Å²) in [4.78, 5) is 14.2. The van der Waals surface area contributed by atoms with E-state index < -0.39 is 9.05 Å². The van der Waals surface area contributed by atoms with Crippen molar-refractivity contribution in [3.8, 4) is 0 Å². The number of piperidine rings is 1. The van der Waals surface area contributed by atoms with Crippen LogP contribution in [0.15, 0.2) is 29.2 Å². The van der Waals surface area contributed by atoms with E-state index in [2.05, 4.69) is 13.8 Å². The highest BCUT2D eigenvalue weighted by molar-refractivity contribution is 8.13. The second-order valence-electron chi connectivity index (χ2n) is 5.93. The molecule has 1 aliphatic heterocycles. The molecule has 1 heterocycles. The molecule has 0 spiro atoms. The maximum atomic E-state index is 12.6. The van der Waals surface area contributed by atoms with Crippen molar-refractivity contribution in [1.82, 2.24) is 4.90 Å². The summed E-state index contributed by atoms with van der Waals surface area (Å²) < 4.78 is 23.1. The van der Waals surface area contributed by atoms with Gasteiger partial charge in [0.1, 0.15) is 0 Å². The van der Waals surface area contributed by atoms with Gasteiger partial charge in [-0.3, -0.25) is 4.79 Å². The van der Waals surface area contributed by atoms with Gasteiger partial charge in [0.15, 0.2) is 0 Å². The normalized spacial score (nSPS) is 18.9. The predicted octanol–water partition coefficient (Wildman–Crippen LogP) is 2.88. The Balaban J connectivity index is 2.35. The van der Waals surface area contributed by atoms with Crippen LogP contribution in [0.4, 0.5) is 0 Å². The van der Waals surface area contributed by atoms with Crippen molar-refractivity contribution >= 4 is 25.6 Å². The Morgan fingerprint density at radius 2 is 1.95 bits per heavy atom. The van der Waals surface area contributed by atoms with Gasteiger partial charge in [0.25, 0.3) is 15.0 Å². The second kappa shape index (κ2) is 5.37. The van der Waals surface area contributed by atoms with E-state index in [0.717, 1.165) is 12.8 Å². The summed E-state index contributed by atoms with van der Waals surface area (Å²) in [6.07, 6.45) is 1.99. The third-order valence-corrected chi connectivity index (χ3v) is 4.95. The van der Waals surface area contributed by atoms with Crippen LogP contribution >= 0.6 is 10.7 Å². The van der Waals surface area contributed by atoms with Crippen molar-refractivity contribution in [1.29, 1.82) is 0 Å². The van der Waals surface area contributed by atoms with Crippen LogP contribution in [0.2, 0.25) is 0 Å². The van der Waals surface area contributed by atoms with Gasteiger partial charge in [-0.1, -0.05) is 26.0 Å². The zero-order chi connectivity index (χ0) is 15.0. The van der Waals surface area contributed by atoms with E-state index in [1.54, 1.807) is 17.0 Å². The maximum absolute atomic E-state index is 12.6. The number of halogens is 1. The summed E-state index contributed by atoms with van der Waals surface area (Å²) in [7, 11) is 1.48. The Morgan fingerprint density at radius 3 is 2.55 bits per heavy atom. The predicted molar refractivity (Wildman–Crippen MR) is 78.4 cm³/mol. The van der Waals surface area contributed by atoms with Crippen LogP contribution in [-0.4, -0.2) is 32.3 Å². The highest BCUT2D eigenvalue weighted by Crippen LogP contribution is 2.30. The summed E-state index contributed by atoms with van der Waals surface area (Å²) in [5, 5.41) is 0. The molecule has 1 aromatic carbocycles. The fourth-order valence-corrected chi connectivity index (χ4v) is 3.69. The number of hydrogen-bond donors (Lipinski definition) is 0. The largest absolute Gasteiger partial charge is 0.338 e. The molecule has 4 nitrogen and oxygen atoms in total. The molecule has 20 heavy (non-hydrogen) atoms. The van der Waals surface area contributed by atoms with Gasteiger partial charge in [0, 0.05) is 23.8 Å². The van der Waals surface area contributed by atoms with E-state index in [1.807, 2.05) is 0 Å². The van der Waals surface area contributed by atoms with Crippen molar-refractivity contribution in [2.45, 2.75) is 31.6 Å². The van der Waals surface area contributed by atoms with Gasteiger partial charge in [-0.25, -0.2) is 8.42 Å². The Labute approximate surface area is 124 Å². The molecule has 0 N–H and O–H groups in total. The van der Waals surface area contributed by atoms with Crippen LogP contribution in [0.25, 0.3) is 0 Å². The molecule has 0 unspecified atom stereocenters. The molecule has 6 heteroatoms. The molecule has 0 radical (unpaired) electrons. The molecule has 1 aromatic rings. The Morgan fingerprint density at radius 1 is 1.30 bits per heavy atom. The number of amides is 1. The fourth-order valence-electron chi connectivity index (χ4n) is 2.62. The van der Waals surface area contributed by atoms with Gasteiger partial charge in [-0.2, -0.15) is 0 Å². The van der Waals surface area contributed by atoms with Gasteiger partial charge in [-0.15, -0.1) is 0 Å². The average molecular weight is 316 g/mol. The summed E-state index contributed by atoms with van der Waals surface area (Å²) in [6, 6.07) is 6.09. The molecule has 110 valence electrons. The standard InChI is InChI=1S/C14H18ClNO3S/c1-14(2)8-5-9-16(10-14)13(17)11-6-3-4-7-12(11)20(15,18)19/h3-4,6-7H,5,8-10H2,1-2H3. The zero-order valence-corrected chi connectivity index (χ0v) is 13.2.